The number of nitrogens with zero attached hydrogens (tertiary/aromatic N) is 2. The first-order chi connectivity index (χ1) is 10.7. The maximum atomic E-state index is 13.4. The molecule has 0 atom stereocenters. The molecule has 114 valence electrons. The van der Waals surface area contributed by atoms with Crippen LogP contribution in [0.5, 0.6) is 5.75 Å². The minimum Gasteiger partial charge on any atom is -0.494 e. The van der Waals surface area contributed by atoms with Crippen molar-refractivity contribution in [3.63, 3.8) is 0 Å². The third-order valence-electron chi connectivity index (χ3n) is 3.48. The minimum absolute atomic E-state index is 0.286. The lowest BCUT2D eigenvalue weighted by Crippen LogP contribution is -2.03. The number of halogens is 1. The van der Waals surface area contributed by atoms with Gasteiger partial charge in [0.05, 0.1) is 18.0 Å². The normalized spacial score (nSPS) is 11.0. The monoisotopic (exact) mass is 299 g/mol. The summed E-state index contributed by atoms with van der Waals surface area (Å²) in [5.41, 5.74) is 9.02. The van der Waals surface area contributed by atoms with Crippen molar-refractivity contribution in [3.8, 4) is 17.0 Å². The number of hydrogen-bond donors (Lipinski definition) is 1. The quantitative estimate of drug-likeness (QED) is 0.785. The number of ether oxygens (including phenoxy) is 1. The number of hydrogen-bond acceptors (Lipinski definition) is 3. The van der Waals surface area contributed by atoms with Crippen LogP contribution in [0.4, 0.5) is 4.39 Å². The molecule has 3 aromatic rings. The molecular formula is C17H18FN3O. The van der Waals surface area contributed by atoms with Crippen LogP contribution in [0.15, 0.2) is 42.6 Å². The molecule has 0 spiro atoms. The number of nitrogens with two attached hydrogens (primary N) is 1. The molecule has 2 N–H and O–H groups in total. The van der Waals surface area contributed by atoms with Crippen molar-refractivity contribution >= 4 is 5.65 Å². The SMILES string of the molecule is CCCOc1ccc(-c2nc3ccc(F)cn3c2CN)cc1. The molecule has 1 aromatic carbocycles. The number of imidazole rings is 1. The van der Waals surface area contributed by atoms with Crippen LogP contribution in [-0.4, -0.2) is 16.0 Å². The third-order valence-corrected chi connectivity index (χ3v) is 3.48. The third kappa shape index (κ3) is 2.67. The summed E-state index contributed by atoms with van der Waals surface area (Å²) in [6, 6.07) is 10.8. The highest BCUT2D eigenvalue weighted by Crippen LogP contribution is 2.26. The van der Waals surface area contributed by atoms with Gasteiger partial charge in [0, 0.05) is 18.3 Å². The van der Waals surface area contributed by atoms with E-state index in [4.69, 9.17) is 10.5 Å². The molecule has 2 aromatic heterocycles. The first-order valence-corrected chi connectivity index (χ1v) is 7.32. The van der Waals surface area contributed by atoms with Crippen LogP contribution in [0.3, 0.4) is 0 Å². The van der Waals surface area contributed by atoms with E-state index in [1.54, 1.807) is 10.5 Å². The van der Waals surface area contributed by atoms with Crippen LogP contribution in [0.2, 0.25) is 0 Å². The van der Waals surface area contributed by atoms with E-state index in [1.165, 1.54) is 12.3 Å². The van der Waals surface area contributed by atoms with Crippen molar-refractivity contribution < 1.29 is 9.13 Å². The molecule has 0 bridgehead atoms. The Hall–Kier alpha value is -2.40. The second-order valence-corrected chi connectivity index (χ2v) is 5.06. The van der Waals surface area contributed by atoms with E-state index in [0.717, 1.165) is 29.1 Å². The highest BCUT2D eigenvalue weighted by atomic mass is 19.1. The molecule has 0 fully saturated rings. The maximum absolute atomic E-state index is 13.4. The fourth-order valence-electron chi connectivity index (χ4n) is 2.42. The van der Waals surface area contributed by atoms with E-state index in [-0.39, 0.29) is 12.4 Å². The molecule has 0 saturated heterocycles. The number of benzene rings is 1. The van der Waals surface area contributed by atoms with Gasteiger partial charge in [-0.15, -0.1) is 0 Å². The van der Waals surface area contributed by atoms with Crippen LogP contribution < -0.4 is 10.5 Å². The van der Waals surface area contributed by atoms with Gasteiger partial charge in [0.1, 0.15) is 17.2 Å². The molecule has 2 heterocycles. The molecule has 4 nitrogen and oxygen atoms in total. The summed E-state index contributed by atoms with van der Waals surface area (Å²) in [5, 5.41) is 0. The molecule has 0 amide bonds. The smallest absolute Gasteiger partial charge is 0.139 e. The van der Waals surface area contributed by atoms with Gasteiger partial charge in [-0.05, 0) is 42.8 Å². The van der Waals surface area contributed by atoms with Gasteiger partial charge in [0.25, 0.3) is 0 Å². The molecular weight excluding hydrogens is 281 g/mol. The van der Waals surface area contributed by atoms with Crippen molar-refractivity contribution in [3.05, 3.63) is 54.1 Å². The number of rotatable bonds is 5. The van der Waals surface area contributed by atoms with E-state index in [9.17, 15) is 4.39 Å². The van der Waals surface area contributed by atoms with Gasteiger partial charge < -0.3 is 10.5 Å². The molecule has 0 saturated carbocycles. The molecule has 0 radical (unpaired) electrons. The summed E-state index contributed by atoms with van der Waals surface area (Å²) in [4.78, 5) is 4.56. The predicted octanol–water partition coefficient (Wildman–Crippen LogP) is 3.39. The van der Waals surface area contributed by atoms with E-state index in [1.807, 2.05) is 24.3 Å². The summed E-state index contributed by atoms with van der Waals surface area (Å²) < 4.78 is 20.7. The summed E-state index contributed by atoms with van der Waals surface area (Å²) in [5.74, 6) is 0.518. The van der Waals surface area contributed by atoms with Crippen LogP contribution in [0.25, 0.3) is 16.9 Å². The lowest BCUT2D eigenvalue weighted by Gasteiger charge is -2.06. The standard InChI is InChI=1S/C17H18FN3O/c1-2-9-22-14-6-3-12(4-7-14)17-15(10-19)21-11-13(18)5-8-16(21)20-17/h3-8,11H,2,9-10,19H2,1H3. The van der Waals surface area contributed by atoms with Crippen molar-refractivity contribution in [1.29, 1.82) is 0 Å². The average molecular weight is 299 g/mol. The summed E-state index contributed by atoms with van der Waals surface area (Å²) in [7, 11) is 0. The minimum atomic E-state index is -0.311. The Bertz CT molecular complexity index is 780. The van der Waals surface area contributed by atoms with Crippen molar-refractivity contribution in [1.82, 2.24) is 9.38 Å². The largest absolute Gasteiger partial charge is 0.494 e. The zero-order valence-electron chi connectivity index (χ0n) is 12.4. The Balaban J connectivity index is 2.02. The van der Waals surface area contributed by atoms with Gasteiger partial charge in [0.15, 0.2) is 0 Å². The van der Waals surface area contributed by atoms with E-state index >= 15 is 0 Å². The van der Waals surface area contributed by atoms with E-state index in [2.05, 4.69) is 11.9 Å². The zero-order valence-corrected chi connectivity index (χ0v) is 12.4. The van der Waals surface area contributed by atoms with Crippen molar-refractivity contribution in [2.45, 2.75) is 19.9 Å². The summed E-state index contributed by atoms with van der Waals surface area (Å²) >= 11 is 0. The van der Waals surface area contributed by atoms with Gasteiger partial charge in [-0.3, -0.25) is 4.40 Å². The Morgan fingerprint density at radius 1 is 1.18 bits per heavy atom. The molecule has 0 aliphatic carbocycles. The van der Waals surface area contributed by atoms with E-state index in [0.29, 0.717) is 12.3 Å². The lowest BCUT2D eigenvalue weighted by atomic mass is 10.1. The van der Waals surface area contributed by atoms with Gasteiger partial charge >= 0.3 is 0 Å². The lowest BCUT2D eigenvalue weighted by molar-refractivity contribution is 0.317. The van der Waals surface area contributed by atoms with Crippen molar-refractivity contribution in [2.75, 3.05) is 6.61 Å². The molecule has 22 heavy (non-hydrogen) atoms. The van der Waals surface area contributed by atoms with Crippen LogP contribution >= 0.6 is 0 Å². The number of fused-ring (bicyclic) bond motifs is 1. The molecule has 5 heteroatoms. The molecule has 0 unspecified atom stereocenters. The van der Waals surface area contributed by atoms with E-state index < -0.39 is 0 Å². The second-order valence-electron chi connectivity index (χ2n) is 5.06. The van der Waals surface area contributed by atoms with Crippen LogP contribution in [0.1, 0.15) is 19.0 Å². The molecule has 0 aliphatic heterocycles. The maximum Gasteiger partial charge on any atom is 0.139 e. The fourth-order valence-corrected chi connectivity index (χ4v) is 2.42. The first kappa shape index (κ1) is 14.5. The van der Waals surface area contributed by atoms with Crippen molar-refractivity contribution in [2.24, 2.45) is 5.73 Å². The van der Waals surface area contributed by atoms with Gasteiger partial charge in [0.2, 0.25) is 0 Å². The number of aromatic nitrogens is 2. The van der Waals surface area contributed by atoms with Gasteiger partial charge in [-0.2, -0.15) is 0 Å². The molecule has 0 aliphatic rings. The Morgan fingerprint density at radius 3 is 2.64 bits per heavy atom. The Labute approximate surface area is 128 Å². The Kier molecular flexibility index (Phi) is 4.06. The molecule has 3 rings (SSSR count). The zero-order chi connectivity index (χ0) is 15.5. The van der Waals surface area contributed by atoms with Crippen LogP contribution in [-0.2, 0) is 6.54 Å². The first-order valence-electron chi connectivity index (χ1n) is 7.32. The fraction of sp³-hybridized carbons (Fsp3) is 0.235. The average Bonchev–Trinajstić information content (AvgIpc) is 2.91. The van der Waals surface area contributed by atoms with Gasteiger partial charge in [-0.1, -0.05) is 6.92 Å². The number of pyridine rings is 1. The Morgan fingerprint density at radius 2 is 1.95 bits per heavy atom. The highest BCUT2D eigenvalue weighted by Gasteiger charge is 2.13. The summed E-state index contributed by atoms with van der Waals surface area (Å²) in [6.07, 6.45) is 2.38. The second kappa shape index (κ2) is 6.15. The van der Waals surface area contributed by atoms with Crippen LogP contribution in [0, 0.1) is 5.82 Å². The topological polar surface area (TPSA) is 52.5 Å². The highest BCUT2D eigenvalue weighted by molar-refractivity contribution is 5.67. The summed E-state index contributed by atoms with van der Waals surface area (Å²) in [6.45, 7) is 3.05. The van der Waals surface area contributed by atoms with Gasteiger partial charge in [-0.25, -0.2) is 9.37 Å². The predicted molar refractivity (Wildman–Crippen MR) is 84.3 cm³/mol.